The van der Waals surface area contributed by atoms with Crippen LogP contribution in [0.15, 0.2) is 48.5 Å². The molecule has 6 nitrogen and oxygen atoms in total. The average Bonchev–Trinajstić information content (AvgIpc) is 2.65. The first-order valence-corrected chi connectivity index (χ1v) is 11.1. The maximum Gasteiger partial charge on any atom is 0.251 e. The van der Waals surface area contributed by atoms with Gasteiger partial charge in [-0.15, -0.1) is 0 Å². The van der Waals surface area contributed by atoms with Crippen molar-refractivity contribution < 1.29 is 17.9 Å². The molecule has 0 saturated heterocycles. The molecule has 0 spiro atoms. The molecule has 0 heterocycles. The molecule has 2 aromatic rings. The van der Waals surface area contributed by atoms with Crippen LogP contribution in [0.4, 0.5) is 5.69 Å². The predicted molar refractivity (Wildman–Crippen MR) is 112 cm³/mol. The van der Waals surface area contributed by atoms with Gasteiger partial charge in [0, 0.05) is 17.8 Å². The monoisotopic (exact) mass is 404 g/mol. The van der Waals surface area contributed by atoms with Gasteiger partial charge < -0.3 is 10.1 Å². The van der Waals surface area contributed by atoms with E-state index in [1.807, 2.05) is 38.1 Å². The van der Waals surface area contributed by atoms with Crippen LogP contribution >= 0.6 is 0 Å². The zero-order chi connectivity index (χ0) is 20.6. The lowest BCUT2D eigenvalue weighted by atomic mass is 10.1. The molecule has 152 valence electrons. The third kappa shape index (κ3) is 7.23. The Morgan fingerprint density at radius 3 is 2.46 bits per heavy atom. The smallest absolute Gasteiger partial charge is 0.251 e. The zero-order valence-electron chi connectivity index (χ0n) is 16.6. The van der Waals surface area contributed by atoms with Gasteiger partial charge in [-0.25, -0.2) is 8.42 Å². The Kier molecular flexibility index (Phi) is 7.87. The molecule has 0 bridgehead atoms. The summed E-state index contributed by atoms with van der Waals surface area (Å²) < 4.78 is 31.3. The Hall–Kier alpha value is -2.54. The summed E-state index contributed by atoms with van der Waals surface area (Å²) in [6.45, 7) is 6.11. The van der Waals surface area contributed by atoms with Gasteiger partial charge >= 0.3 is 0 Å². The molecule has 0 aliphatic rings. The van der Waals surface area contributed by atoms with Crippen LogP contribution in [-0.2, 0) is 16.4 Å². The Morgan fingerprint density at radius 1 is 1.11 bits per heavy atom. The van der Waals surface area contributed by atoms with Crippen molar-refractivity contribution >= 4 is 21.6 Å². The van der Waals surface area contributed by atoms with Crippen molar-refractivity contribution in [3.05, 3.63) is 59.7 Å². The number of hydrogen-bond acceptors (Lipinski definition) is 4. The fourth-order valence-corrected chi connectivity index (χ4v) is 3.22. The fraction of sp³-hybridized carbons (Fsp3) is 0.381. The van der Waals surface area contributed by atoms with Gasteiger partial charge in [0.2, 0.25) is 10.0 Å². The lowest BCUT2D eigenvalue weighted by molar-refractivity contribution is 0.0953. The van der Waals surface area contributed by atoms with Crippen molar-refractivity contribution in [1.29, 1.82) is 0 Å². The van der Waals surface area contributed by atoms with Crippen molar-refractivity contribution in [3.8, 4) is 5.75 Å². The van der Waals surface area contributed by atoms with Crippen LogP contribution in [0.1, 0.15) is 43.1 Å². The molecule has 7 heteroatoms. The van der Waals surface area contributed by atoms with Crippen molar-refractivity contribution in [2.75, 3.05) is 17.0 Å². The van der Waals surface area contributed by atoms with Crippen molar-refractivity contribution in [3.63, 3.8) is 0 Å². The molecule has 1 amide bonds. The van der Waals surface area contributed by atoms with E-state index in [0.29, 0.717) is 17.8 Å². The third-order valence-corrected chi connectivity index (χ3v) is 5.31. The number of aryl methyl sites for hydroxylation is 1. The Labute approximate surface area is 167 Å². The first-order chi connectivity index (χ1) is 13.3. The molecule has 2 aromatic carbocycles. The summed E-state index contributed by atoms with van der Waals surface area (Å²) in [5.41, 5.74) is 2.11. The van der Waals surface area contributed by atoms with E-state index in [2.05, 4.69) is 10.0 Å². The van der Waals surface area contributed by atoms with Gasteiger partial charge in [-0.05, 0) is 75.6 Å². The SMILES string of the molecule is CCS(=O)(=O)Nc1ccc(C(=O)NCCCc2cccc(OC(C)C)c2)cc1. The van der Waals surface area contributed by atoms with Gasteiger partial charge in [0.25, 0.3) is 5.91 Å². The van der Waals surface area contributed by atoms with Crippen LogP contribution in [-0.4, -0.2) is 32.7 Å². The highest BCUT2D eigenvalue weighted by Crippen LogP contribution is 2.16. The second-order valence-electron chi connectivity index (χ2n) is 6.76. The maximum atomic E-state index is 12.2. The van der Waals surface area contributed by atoms with Crippen LogP contribution in [0.5, 0.6) is 5.75 Å². The number of carbonyl (C=O) groups is 1. The van der Waals surface area contributed by atoms with Crippen molar-refractivity contribution in [2.45, 2.75) is 39.7 Å². The summed E-state index contributed by atoms with van der Waals surface area (Å²) in [5, 5.41) is 2.89. The molecule has 0 fully saturated rings. The molecule has 0 saturated carbocycles. The Morgan fingerprint density at radius 2 is 1.82 bits per heavy atom. The highest BCUT2D eigenvalue weighted by molar-refractivity contribution is 7.92. The van der Waals surface area contributed by atoms with E-state index < -0.39 is 10.0 Å². The molecule has 28 heavy (non-hydrogen) atoms. The molecule has 0 atom stereocenters. The number of benzene rings is 2. The first kappa shape index (κ1) is 21.8. The second-order valence-corrected chi connectivity index (χ2v) is 8.77. The van der Waals surface area contributed by atoms with Crippen LogP contribution in [0.25, 0.3) is 0 Å². The number of ether oxygens (including phenoxy) is 1. The van der Waals surface area contributed by atoms with E-state index >= 15 is 0 Å². The first-order valence-electron chi connectivity index (χ1n) is 9.43. The van der Waals surface area contributed by atoms with Gasteiger partial charge in [-0.3, -0.25) is 9.52 Å². The van der Waals surface area contributed by atoms with E-state index in [1.165, 1.54) is 5.56 Å². The molecular weight excluding hydrogens is 376 g/mol. The number of sulfonamides is 1. The summed E-state index contributed by atoms with van der Waals surface area (Å²) in [6, 6.07) is 14.4. The molecule has 0 aliphatic heterocycles. The van der Waals surface area contributed by atoms with Gasteiger partial charge in [0.05, 0.1) is 11.9 Å². The topological polar surface area (TPSA) is 84.5 Å². The average molecular weight is 405 g/mol. The van der Waals surface area contributed by atoms with Gasteiger partial charge in [-0.1, -0.05) is 12.1 Å². The minimum Gasteiger partial charge on any atom is -0.491 e. The number of amides is 1. The van der Waals surface area contributed by atoms with Crippen LogP contribution in [0.3, 0.4) is 0 Å². The van der Waals surface area contributed by atoms with Gasteiger partial charge in [0.1, 0.15) is 5.75 Å². The standard InChI is InChI=1S/C21H28N2O4S/c1-4-28(25,26)23-19-12-10-18(11-13-19)21(24)22-14-6-8-17-7-5-9-20(15-17)27-16(2)3/h5,7,9-13,15-16,23H,4,6,8,14H2,1-3H3,(H,22,24). The molecule has 2 N–H and O–H groups in total. The number of rotatable bonds is 10. The van der Waals surface area contributed by atoms with Crippen molar-refractivity contribution in [1.82, 2.24) is 5.32 Å². The van der Waals surface area contributed by atoms with E-state index in [0.717, 1.165) is 18.6 Å². The zero-order valence-corrected chi connectivity index (χ0v) is 17.4. The predicted octanol–water partition coefficient (Wildman–Crippen LogP) is 3.60. The summed E-state index contributed by atoms with van der Waals surface area (Å²) in [5.74, 6) is 0.680. The third-order valence-electron chi connectivity index (χ3n) is 4.00. The second kappa shape index (κ2) is 10.1. The number of anilines is 1. The van der Waals surface area contributed by atoms with Crippen LogP contribution in [0, 0.1) is 0 Å². The number of carbonyl (C=O) groups excluding carboxylic acids is 1. The molecular formula is C21H28N2O4S. The molecule has 2 rings (SSSR count). The van der Waals surface area contributed by atoms with Gasteiger partial charge in [-0.2, -0.15) is 0 Å². The normalized spacial score (nSPS) is 11.3. The minimum absolute atomic E-state index is 0.00173. The highest BCUT2D eigenvalue weighted by atomic mass is 32.2. The minimum atomic E-state index is -3.32. The van der Waals surface area contributed by atoms with E-state index in [-0.39, 0.29) is 17.8 Å². The van der Waals surface area contributed by atoms with E-state index in [9.17, 15) is 13.2 Å². The molecule has 0 aliphatic carbocycles. The maximum absolute atomic E-state index is 12.2. The lowest BCUT2D eigenvalue weighted by Gasteiger charge is -2.11. The highest BCUT2D eigenvalue weighted by Gasteiger charge is 2.09. The Balaban J connectivity index is 1.79. The number of hydrogen-bond donors (Lipinski definition) is 2. The van der Waals surface area contributed by atoms with E-state index in [4.69, 9.17) is 4.74 Å². The van der Waals surface area contributed by atoms with Gasteiger partial charge in [0.15, 0.2) is 0 Å². The van der Waals surface area contributed by atoms with Crippen LogP contribution in [0.2, 0.25) is 0 Å². The quantitative estimate of drug-likeness (QED) is 0.593. The summed E-state index contributed by atoms with van der Waals surface area (Å²) >= 11 is 0. The lowest BCUT2D eigenvalue weighted by Crippen LogP contribution is -2.24. The molecule has 0 aromatic heterocycles. The Bertz CT molecular complexity index is 878. The van der Waals surface area contributed by atoms with Crippen LogP contribution < -0.4 is 14.8 Å². The summed E-state index contributed by atoms with van der Waals surface area (Å²) in [4.78, 5) is 12.2. The molecule has 0 radical (unpaired) electrons. The number of nitrogens with one attached hydrogen (secondary N) is 2. The summed E-state index contributed by atoms with van der Waals surface area (Å²) in [6.07, 6.45) is 1.79. The molecule has 0 unspecified atom stereocenters. The fourth-order valence-electron chi connectivity index (χ4n) is 2.58. The van der Waals surface area contributed by atoms with Crippen molar-refractivity contribution in [2.24, 2.45) is 0 Å². The largest absolute Gasteiger partial charge is 0.491 e. The summed E-state index contributed by atoms with van der Waals surface area (Å²) in [7, 11) is -3.32. The van der Waals surface area contributed by atoms with E-state index in [1.54, 1.807) is 31.2 Å².